The van der Waals surface area contributed by atoms with Crippen LogP contribution < -0.4 is 5.73 Å². The van der Waals surface area contributed by atoms with Gasteiger partial charge in [0.1, 0.15) is 0 Å². The minimum Gasteiger partial charge on any atom is -0.424 e. The lowest BCUT2D eigenvalue weighted by atomic mass is 9.42. The number of ketones is 1. The Morgan fingerprint density at radius 3 is 2.45 bits per heavy atom. The highest BCUT2D eigenvalue weighted by atomic mass is 16.7. The van der Waals surface area contributed by atoms with E-state index in [2.05, 4.69) is 20.8 Å². The van der Waals surface area contributed by atoms with Gasteiger partial charge in [0.05, 0.1) is 6.54 Å². The minimum absolute atomic E-state index is 0.0248. The Bertz CT molecular complexity index is 800. The van der Waals surface area contributed by atoms with Crippen LogP contribution in [0.2, 0.25) is 0 Å². The van der Waals surface area contributed by atoms with Crippen LogP contribution in [0.25, 0.3) is 0 Å². The number of ether oxygens (including phenoxy) is 1. The topological polar surface area (TPSA) is 130 Å². The van der Waals surface area contributed by atoms with E-state index in [1.807, 2.05) is 6.92 Å². The maximum absolute atomic E-state index is 13.2. The predicted molar refractivity (Wildman–Crippen MR) is 122 cm³/mol. The van der Waals surface area contributed by atoms with Crippen molar-refractivity contribution in [2.45, 2.75) is 97.1 Å². The van der Waals surface area contributed by atoms with Crippen molar-refractivity contribution >= 4 is 11.8 Å². The SMILES string of the molecule is CCC[C@@H](C)[C@H]1CCC2C3CCC4CC(O)(OC(=O)CN)C(=O)C(O)(O)[C@]4(C)C3CC[C@@]21C. The summed E-state index contributed by atoms with van der Waals surface area (Å²) in [5.41, 5.74) is 4.46. The van der Waals surface area contributed by atoms with Crippen molar-refractivity contribution in [2.24, 2.45) is 52.1 Å². The summed E-state index contributed by atoms with van der Waals surface area (Å²) >= 11 is 0. The molecule has 4 fully saturated rings. The summed E-state index contributed by atoms with van der Waals surface area (Å²) in [6.45, 7) is 8.41. The summed E-state index contributed by atoms with van der Waals surface area (Å²) in [6.07, 6.45) is 8.18. The van der Waals surface area contributed by atoms with Gasteiger partial charge in [-0.05, 0) is 79.4 Å². The van der Waals surface area contributed by atoms with E-state index in [9.17, 15) is 24.9 Å². The number of esters is 1. The number of fused-ring (bicyclic) bond motifs is 5. The zero-order valence-electron chi connectivity index (χ0n) is 20.7. The van der Waals surface area contributed by atoms with Gasteiger partial charge >= 0.3 is 5.97 Å². The van der Waals surface area contributed by atoms with Crippen LogP contribution in [0, 0.1) is 46.3 Å². The molecule has 0 aliphatic heterocycles. The molecule has 0 spiro atoms. The van der Waals surface area contributed by atoms with Crippen LogP contribution in [0.3, 0.4) is 0 Å². The Hall–Kier alpha value is -1.02. The number of carbonyl (C=O) groups is 2. The van der Waals surface area contributed by atoms with Gasteiger partial charge in [-0.2, -0.15) is 0 Å². The Morgan fingerprint density at radius 2 is 1.82 bits per heavy atom. The number of hydrogen-bond acceptors (Lipinski definition) is 7. The van der Waals surface area contributed by atoms with Crippen LogP contribution in [-0.2, 0) is 14.3 Å². The first-order chi connectivity index (χ1) is 15.4. The Labute approximate surface area is 197 Å². The van der Waals surface area contributed by atoms with Crippen LogP contribution in [-0.4, -0.2) is 45.2 Å². The molecule has 4 saturated carbocycles. The summed E-state index contributed by atoms with van der Waals surface area (Å²) in [4.78, 5) is 25.0. The molecule has 0 amide bonds. The fourth-order valence-electron chi connectivity index (χ4n) is 9.18. The lowest BCUT2D eigenvalue weighted by Gasteiger charge is -2.64. The Kier molecular flexibility index (Phi) is 6.30. The summed E-state index contributed by atoms with van der Waals surface area (Å²) in [5, 5.41) is 33.5. The molecule has 4 aliphatic rings. The monoisotopic (exact) mass is 465 g/mol. The zero-order chi connectivity index (χ0) is 24.4. The number of hydrogen-bond donors (Lipinski definition) is 4. The maximum Gasteiger partial charge on any atom is 0.322 e. The average Bonchev–Trinajstić information content (AvgIpc) is 3.11. The largest absolute Gasteiger partial charge is 0.424 e. The number of nitrogens with two attached hydrogens (primary N) is 1. The molecule has 5 unspecified atom stereocenters. The van der Waals surface area contributed by atoms with Crippen LogP contribution in [0.15, 0.2) is 0 Å². The van der Waals surface area contributed by atoms with Crippen LogP contribution in [0.1, 0.15) is 85.5 Å². The number of rotatable bonds is 5. The van der Waals surface area contributed by atoms with E-state index in [-0.39, 0.29) is 23.7 Å². The molecule has 0 aromatic carbocycles. The van der Waals surface area contributed by atoms with E-state index in [1.165, 1.54) is 19.3 Å². The molecule has 9 atom stereocenters. The van der Waals surface area contributed by atoms with Crippen molar-refractivity contribution in [3.63, 3.8) is 0 Å². The third-order valence-corrected chi connectivity index (χ3v) is 10.8. The highest BCUT2D eigenvalue weighted by Gasteiger charge is 2.73. The van der Waals surface area contributed by atoms with Gasteiger partial charge in [-0.1, -0.05) is 40.5 Å². The fraction of sp³-hybridized carbons (Fsp3) is 0.923. The maximum atomic E-state index is 13.2. The second kappa shape index (κ2) is 8.28. The molecular weight excluding hydrogens is 422 g/mol. The van der Waals surface area contributed by atoms with E-state index in [0.717, 1.165) is 25.7 Å². The van der Waals surface area contributed by atoms with Crippen molar-refractivity contribution in [1.29, 1.82) is 0 Å². The van der Waals surface area contributed by atoms with Gasteiger partial charge in [0.2, 0.25) is 5.79 Å². The quantitative estimate of drug-likeness (QED) is 0.363. The third-order valence-electron chi connectivity index (χ3n) is 10.8. The molecular formula is C26H43NO6. The standard InChI is InChI=1S/C26H43NO6/c1-5-6-15(2)18-9-10-19-17-8-7-16-13-25(30,33-21(28)14-27)22(29)26(31,32)24(16,4)20(17)11-12-23(18,19)3/h15-20,30-32H,5-14,27H2,1-4H3/t15-,16?,17?,18-,19?,20?,23-,24+,25?/m1/s1. The van der Waals surface area contributed by atoms with Crippen molar-refractivity contribution in [3.05, 3.63) is 0 Å². The lowest BCUT2D eigenvalue weighted by Crippen LogP contribution is -2.73. The van der Waals surface area contributed by atoms with Gasteiger partial charge in [0.25, 0.3) is 11.6 Å². The van der Waals surface area contributed by atoms with E-state index in [4.69, 9.17) is 10.5 Å². The van der Waals surface area contributed by atoms with Crippen LogP contribution >= 0.6 is 0 Å². The minimum atomic E-state index is -2.77. The van der Waals surface area contributed by atoms with Gasteiger partial charge in [-0.15, -0.1) is 0 Å². The first-order valence-corrected chi connectivity index (χ1v) is 13.0. The Balaban J connectivity index is 1.64. The average molecular weight is 466 g/mol. The van der Waals surface area contributed by atoms with Gasteiger partial charge < -0.3 is 25.8 Å². The summed E-state index contributed by atoms with van der Waals surface area (Å²) in [5.74, 6) is -5.64. The normalized spacial score (nSPS) is 47.3. The summed E-state index contributed by atoms with van der Waals surface area (Å²) in [6, 6.07) is 0. The molecule has 0 aromatic heterocycles. The first kappa shape index (κ1) is 25.1. The summed E-state index contributed by atoms with van der Waals surface area (Å²) < 4.78 is 4.98. The van der Waals surface area contributed by atoms with Crippen molar-refractivity contribution in [2.75, 3.05) is 6.54 Å². The summed E-state index contributed by atoms with van der Waals surface area (Å²) in [7, 11) is 0. The predicted octanol–water partition coefficient (Wildman–Crippen LogP) is 2.74. The molecule has 5 N–H and O–H groups in total. The van der Waals surface area contributed by atoms with Gasteiger partial charge in [-0.25, -0.2) is 0 Å². The van der Waals surface area contributed by atoms with E-state index >= 15 is 0 Å². The molecule has 33 heavy (non-hydrogen) atoms. The third kappa shape index (κ3) is 3.44. The Morgan fingerprint density at radius 1 is 1.12 bits per heavy atom. The molecule has 7 heteroatoms. The first-order valence-electron chi connectivity index (χ1n) is 13.0. The van der Waals surface area contributed by atoms with E-state index in [1.54, 1.807) is 0 Å². The zero-order valence-corrected chi connectivity index (χ0v) is 20.7. The van der Waals surface area contributed by atoms with E-state index < -0.39 is 35.3 Å². The fourth-order valence-corrected chi connectivity index (χ4v) is 9.18. The molecule has 0 bridgehead atoms. The molecule has 188 valence electrons. The second-order valence-corrected chi connectivity index (χ2v) is 12.1. The van der Waals surface area contributed by atoms with Gasteiger partial charge in [-0.3, -0.25) is 9.59 Å². The highest BCUT2D eigenvalue weighted by molar-refractivity contribution is 5.95. The molecule has 0 saturated heterocycles. The van der Waals surface area contributed by atoms with Crippen molar-refractivity contribution in [1.82, 2.24) is 0 Å². The van der Waals surface area contributed by atoms with Gasteiger partial charge in [0, 0.05) is 11.8 Å². The van der Waals surface area contributed by atoms with Crippen LogP contribution in [0.5, 0.6) is 0 Å². The lowest BCUT2D eigenvalue weighted by molar-refractivity contribution is -0.327. The molecule has 7 nitrogen and oxygen atoms in total. The smallest absolute Gasteiger partial charge is 0.322 e. The van der Waals surface area contributed by atoms with E-state index in [0.29, 0.717) is 30.1 Å². The number of Topliss-reactive ketones (excluding diaryl/α,β-unsaturated/α-hetero) is 1. The molecule has 4 aliphatic carbocycles. The molecule has 4 rings (SSSR count). The number of aliphatic hydroxyl groups is 3. The van der Waals surface area contributed by atoms with Gasteiger partial charge in [0.15, 0.2) is 0 Å². The van der Waals surface area contributed by atoms with Crippen molar-refractivity contribution in [3.8, 4) is 0 Å². The highest BCUT2D eigenvalue weighted by Crippen LogP contribution is 2.69. The number of carbonyl (C=O) groups excluding carboxylic acids is 2. The van der Waals surface area contributed by atoms with Crippen molar-refractivity contribution < 1.29 is 29.6 Å². The second-order valence-electron chi connectivity index (χ2n) is 12.1. The molecule has 0 radical (unpaired) electrons. The molecule has 0 heterocycles. The van der Waals surface area contributed by atoms with Crippen LogP contribution in [0.4, 0.5) is 0 Å². The molecule has 0 aromatic rings.